The Balaban J connectivity index is 1.21. The van der Waals surface area contributed by atoms with Gasteiger partial charge in [-0.25, -0.2) is 0 Å². The highest BCUT2D eigenvalue weighted by molar-refractivity contribution is 6.23. The summed E-state index contributed by atoms with van der Waals surface area (Å²) in [7, 11) is 0. The van der Waals surface area contributed by atoms with Crippen molar-refractivity contribution in [3.63, 3.8) is 0 Å². The van der Waals surface area contributed by atoms with Gasteiger partial charge in [0.25, 0.3) is 0 Å². The van der Waals surface area contributed by atoms with E-state index in [9.17, 15) is 4.79 Å². The highest BCUT2D eigenvalue weighted by Gasteiger charge is 2.81. The van der Waals surface area contributed by atoms with E-state index in [0.717, 1.165) is 19.4 Å². The summed E-state index contributed by atoms with van der Waals surface area (Å²) in [6.45, 7) is 6.03. The molecular weight excluding hydrogens is 468 g/mol. The van der Waals surface area contributed by atoms with Crippen LogP contribution in [0, 0.1) is 46.3 Å². The SMILES string of the molecule is C[C@@]12C(=O)[C@@](C)(C(c3ccccc3)=C1c1ccccc1)[C@H]1[C@@H]3[C@@H]([C@@H]4C=C[C@@H]3C(CO[C@@H]3CCCCO3)=C4)[C@@H]12. The van der Waals surface area contributed by atoms with E-state index in [-0.39, 0.29) is 6.29 Å². The van der Waals surface area contributed by atoms with E-state index in [1.165, 1.54) is 34.3 Å². The van der Waals surface area contributed by atoms with Gasteiger partial charge in [-0.3, -0.25) is 4.79 Å². The Bertz CT molecular complexity index is 1380. The van der Waals surface area contributed by atoms with Crippen LogP contribution in [0.5, 0.6) is 0 Å². The molecule has 38 heavy (non-hydrogen) atoms. The van der Waals surface area contributed by atoms with Gasteiger partial charge in [0.15, 0.2) is 12.1 Å². The van der Waals surface area contributed by atoms with Crippen molar-refractivity contribution in [3.8, 4) is 0 Å². The van der Waals surface area contributed by atoms with Gasteiger partial charge < -0.3 is 9.47 Å². The first kappa shape index (κ1) is 23.2. The minimum atomic E-state index is -0.475. The lowest BCUT2D eigenvalue weighted by Crippen LogP contribution is -2.62. The van der Waals surface area contributed by atoms with E-state index < -0.39 is 10.8 Å². The van der Waals surface area contributed by atoms with E-state index in [0.29, 0.717) is 47.9 Å². The molecule has 3 fully saturated rings. The van der Waals surface area contributed by atoms with E-state index in [1.807, 2.05) is 0 Å². The summed E-state index contributed by atoms with van der Waals surface area (Å²) < 4.78 is 12.1. The lowest BCUT2D eigenvalue weighted by Gasteiger charge is -2.65. The van der Waals surface area contributed by atoms with Crippen LogP contribution < -0.4 is 0 Å². The first-order valence-corrected chi connectivity index (χ1v) is 14.6. The summed E-state index contributed by atoms with van der Waals surface area (Å²) >= 11 is 0. The maximum absolute atomic E-state index is 14.7. The van der Waals surface area contributed by atoms with Crippen molar-refractivity contribution in [1.29, 1.82) is 0 Å². The zero-order valence-electron chi connectivity index (χ0n) is 22.3. The monoisotopic (exact) mass is 504 g/mol. The number of Topliss-reactive ketones (excluding diaryl/α,β-unsaturated/α-hetero) is 1. The smallest absolute Gasteiger partial charge is 0.158 e. The number of carbonyl (C=O) groups excluding carboxylic acids is 1. The number of hydrogen-bond donors (Lipinski definition) is 0. The summed E-state index contributed by atoms with van der Waals surface area (Å²) in [6.07, 6.45) is 10.6. The topological polar surface area (TPSA) is 35.5 Å². The molecule has 0 unspecified atom stereocenters. The number of benzene rings is 2. The first-order chi connectivity index (χ1) is 18.5. The predicted molar refractivity (Wildman–Crippen MR) is 149 cm³/mol. The van der Waals surface area contributed by atoms with Crippen LogP contribution in [0.2, 0.25) is 0 Å². The summed E-state index contributed by atoms with van der Waals surface area (Å²) in [5, 5.41) is 0. The average Bonchev–Trinajstić information content (AvgIpc) is 3.21. The average molecular weight is 505 g/mol. The van der Waals surface area contributed by atoms with Crippen molar-refractivity contribution < 1.29 is 14.3 Å². The van der Waals surface area contributed by atoms with Gasteiger partial charge in [-0.05, 0) is 90.5 Å². The van der Waals surface area contributed by atoms with Crippen LogP contribution in [0.3, 0.4) is 0 Å². The highest BCUT2D eigenvalue weighted by Crippen LogP contribution is 2.82. The minimum absolute atomic E-state index is 0.0689. The molecule has 1 heterocycles. The molecule has 0 radical (unpaired) electrons. The molecule has 4 bridgehead atoms. The van der Waals surface area contributed by atoms with Crippen LogP contribution in [0.15, 0.2) is 84.5 Å². The molecule has 7 aliphatic rings. The van der Waals surface area contributed by atoms with Crippen LogP contribution in [-0.4, -0.2) is 25.3 Å². The van der Waals surface area contributed by atoms with Crippen LogP contribution >= 0.6 is 0 Å². The molecule has 2 aromatic carbocycles. The molecule has 9 atom stereocenters. The predicted octanol–water partition coefficient (Wildman–Crippen LogP) is 6.97. The number of ketones is 1. The Morgan fingerprint density at radius 3 is 2.08 bits per heavy atom. The van der Waals surface area contributed by atoms with Gasteiger partial charge in [0.05, 0.1) is 17.4 Å². The van der Waals surface area contributed by atoms with Crippen LogP contribution in [0.1, 0.15) is 44.2 Å². The third-order valence-corrected chi connectivity index (χ3v) is 11.2. The van der Waals surface area contributed by atoms with Crippen molar-refractivity contribution in [2.75, 3.05) is 13.2 Å². The van der Waals surface area contributed by atoms with Gasteiger partial charge in [0.2, 0.25) is 0 Å². The number of allylic oxidation sites excluding steroid dienone is 5. The van der Waals surface area contributed by atoms with Gasteiger partial charge in [-0.1, -0.05) is 78.9 Å². The molecule has 0 spiro atoms. The molecule has 0 aromatic heterocycles. The normalized spacial score (nSPS) is 42.1. The Labute approximate surface area is 225 Å². The second kappa shape index (κ2) is 8.13. The molecule has 0 amide bonds. The number of carbonyl (C=O) groups is 1. The molecule has 9 rings (SSSR count). The number of hydrogen-bond acceptors (Lipinski definition) is 3. The number of fused-ring (bicyclic) bond motifs is 5. The third-order valence-electron chi connectivity index (χ3n) is 11.2. The van der Waals surface area contributed by atoms with Gasteiger partial charge >= 0.3 is 0 Å². The first-order valence-electron chi connectivity index (χ1n) is 14.6. The van der Waals surface area contributed by atoms with Gasteiger partial charge in [-0.2, -0.15) is 0 Å². The fourth-order valence-electron chi connectivity index (χ4n) is 9.86. The van der Waals surface area contributed by atoms with Crippen molar-refractivity contribution >= 4 is 16.9 Å². The zero-order valence-corrected chi connectivity index (χ0v) is 22.3. The quantitative estimate of drug-likeness (QED) is 0.413. The van der Waals surface area contributed by atoms with Gasteiger partial charge in [0, 0.05) is 12.5 Å². The van der Waals surface area contributed by atoms with Crippen molar-refractivity contribution in [2.24, 2.45) is 46.3 Å². The van der Waals surface area contributed by atoms with E-state index in [2.05, 4.69) is 92.7 Å². The van der Waals surface area contributed by atoms with E-state index in [1.54, 1.807) is 0 Å². The van der Waals surface area contributed by atoms with E-state index >= 15 is 0 Å². The Morgan fingerprint density at radius 2 is 1.47 bits per heavy atom. The van der Waals surface area contributed by atoms with Crippen molar-refractivity contribution in [1.82, 2.24) is 0 Å². The molecular formula is C35H36O3. The van der Waals surface area contributed by atoms with Crippen LogP contribution in [0.4, 0.5) is 0 Å². The van der Waals surface area contributed by atoms with Crippen molar-refractivity contribution in [3.05, 3.63) is 95.6 Å². The molecule has 0 N–H and O–H groups in total. The molecule has 2 saturated carbocycles. The molecule has 6 aliphatic carbocycles. The number of ether oxygens (including phenoxy) is 2. The molecule has 194 valence electrons. The number of rotatable bonds is 5. The minimum Gasteiger partial charge on any atom is -0.353 e. The lowest BCUT2D eigenvalue weighted by atomic mass is 9.37. The third kappa shape index (κ3) is 2.79. The Morgan fingerprint density at radius 1 is 0.842 bits per heavy atom. The molecule has 3 heteroatoms. The molecule has 2 aromatic rings. The van der Waals surface area contributed by atoms with Gasteiger partial charge in [0.1, 0.15) is 0 Å². The second-order valence-corrected chi connectivity index (χ2v) is 12.8. The Hall–Kier alpha value is -2.75. The van der Waals surface area contributed by atoms with E-state index in [4.69, 9.17) is 9.47 Å². The Kier molecular flexibility index (Phi) is 4.96. The summed E-state index contributed by atoms with van der Waals surface area (Å²) in [4.78, 5) is 14.7. The molecule has 1 aliphatic heterocycles. The highest BCUT2D eigenvalue weighted by atomic mass is 16.7. The molecule has 1 saturated heterocycles. The second-order valence-electron chi connectivity index (χ2n) is 12.8. The summed E-state index contributed by atoms with van der Waals surface area (Å²) in [5.41, 5.74) is 5.45. The fourth-order valence-corrected chi connectivity index (χ4v) is 9.86. The zero-order chi connectivity index (χ0) is 25.6. The maximum atomic E-state index is 14.7. The van der Waals surface area contributed by atoms with Crippen LogP contribution in [0.25, 0.3) is 11.1 Å². The largest absolute Gasteiger partial charge is 0.353 e. The maximum Gasteiger partial charge on any atom is 0.158 e. The lowest BCUT2D eigenvalue weighted by molar-refractivity contribution is -0.161. The standard InChI is InChI=1S/C35H36O3/c1-34-29(21-11-5-3-6-12-21)30(22-13-7-4-8-14-22)35(2,33(34)36)32-28-25-17-16-23(27(28)31(32)34)19-24(25)20-38-26-15-9-10-18-37-26/h3-8,11-14,16-17,19,23,25-28,31-32H,9-10,15,18,20H2,1-2H3/t23-,25-,26-,27-,28+,31+,32+,34-,35+/m1/s1. The molecule has 3 nitrogen and oxygen atoms in total. The summed E-state index contributed by atoms with van der Waals surface area (Å²) in [6, 6.07) is 21.5. The van der Waals surface area contributed by atoms with Gasteiger partial charge in [-0.15, -0.1) is 0 Å². The van der Waals surface area contributed by atoms with Crippen LogP contribution in [-0.2, 0) is 14.3 Å². The summed E-state index contributed by atoms with van der Waals surface area (Å²) in [5.74, 6) is 2.96. The van der Waals surface area contributed by atoms with Crippen molar-refractivity contribution in [2.45, 2.75) is 39.4 Å². The fraction of sp³-hybridized carbons (Fsp3) is 0.457.